The summed E-state index contributed by atoms with van der Waals surface area (Å²) in [5, 5.41) is 11.8. The molecule has 0 aliphatic rings. The number of aliphatic hydroxyl groups excluding tert-OH is 1. The quantitative estimate of drug-likeness (QED) is 0.801. The van der Waals surface area contributed by atoms with Gasteiger partial charge >= 0.3 is 0 Å². The van der Waals surface area contributed by atoms with Gasteiger partial charge < -0.3 is 10.4 Å². The molecule has 2 N–H and O–H groups in total. The van der Waals surface area contributed by atoms with E-state index >= 15 is 0 Å². The number of benzene rings is 1. The number of halogens is 1. The molecule has 4 nitrogen and oxygen atoms in total. The number of nitrogens with one attached hydrogen (secondary N) is 1. The van der Waals surface area contributed by atoms with Crippen molar-refractivity contribution < 1.29 is 9.90 Å². The Hall–Kier alpha value is -0.910. The van der Waals surface area contributed by atoms with Crippen molar-refractivity contribution in [3.8, 4) is 0 Å². The maximum absolute atomic E-state index is 12.1. The fourth-order valence-electron chi connectivity index (χ4n) is 1.90. The monoisotopic (exact) mass is 342 g/mol. The first-order valence-electron chi connectivity index (χ1n) is 6.85. The first-order valence-corrected chi connectivity index (χ1v) is 7.64. The van der Waals surface area contributed by atoms with Crippen molar-refractivity contribution in [3.05, 3.63) is 28.2 Å². The Balaban J connectivity index is 2.58. The van der Waals surface area contributed by atoms with Crippen LogP contribution in [-0.4, -0.2) is 41.7 Å². The lowest BCUT2D eigenvalue weighted by Gasteiger charge is -2.25. The number of hydrogen-bond acceptors (Lipinski definition) is 3. The molecule has 20 heavy (non-hydrogen) atoms. The van der Waals surface area contributed by atoms with Crippen LogP contribution in [0.5, 0.6) is 0 Å². The Bertz CT molecular complexity index is 449. The van der Waals surface area contributed by atoms with Crippen LogP contribution in [0.15, 0.2) is 22.7 Å². The molecule has 0 heterocycles. The van der Waals surface area contributed by atoms with Gasteiger partial charge in [-0.2, -0.15) is 0 Å². The minimum Gasteiger partial charge on any atom is -0.396 e. The molecule has 0 bridgehead atoms. The molecule has 1 amide bonds. The second-order valence-electron chi connectivity index (χ2n) is 5.15. The van der Waals surface area contributed by atoms with Gasteiger partial charge in [-0.1, -0.05) is 15.9 Å². The average molecular weight is 343 g/mol. The highest BCUT2D eigenvalue weighted by atomic mass is 79.9. The normalized spacial score (nSPS) is 11.2. The summed E-state index contributed by atoms with van der Waals surface area (Å²) in [6, 6.07) is 6.02. The predicted octanol–water partition coefficient (Wildman–Crippen LogP) is 2.79. The molecule has 0 radical (unpaired) electrons. The van der Waals surface area contributed by atoms with Crippen LogP contribution < -0.4 is 5.32 Å². The summed E-state index contributed by atoms with van der Waals surface area (Å²) in [5.74, 6) is -0.0293. The average Bonchev–Trinajstić information content (AvgIpc) is 2.38. The highest BCUT2D eigenvalue weighted by Crippen LogP contribution is 2.20. The minimum absolute atomic E-state index is 0.0293. The maximum Gasteiger partial charge on any atom is 0.238 e. The zero-order chi connectivity index (χ0) is 15.1. The highest BCUT2D eigenvalue weighted by Gasteiger charge is 2.13. The third kappa shape index (κ3) is 5.61. The third-order valence-electron chi connectivity index (χ3n) is 3.12. The largest absolute Gasteiger partial charge is 0.396 e. The summed E-state index contributed by atoms with van der Waals surface area (Å²) < 4.78 is 1.03. The van der Waals surface area contributed by atoms with Gasteiger partial charge in [0, 0.05) is 29.4 Å². The second kappa shape index (κ2) is 8.39. The van der Waals surface area contributed by atoms with Gasteiger partial charge in [0.05, 0.1) is 6.54 Å². The van der Waals surface area contributed by atoms with Crippen LogP contribution >= 0.6 is 15.9 Å². The summed E-state index contributed by atoms with van der Waals surface area (Å²) in [4.78, 5) is 14.1. The highest BCUT2D eigenvalue weighted by molar-refractivity contribution is 9.10. The van der Waals surface area contributed by atoms with Crippen molar-refractivity contribution in [2.75, 3.05) is 25.0 Å². The van der Waals surface area contributed by atoms with E-state index in [1.165, 1.54) is 0 Å². The van der Waals surface area contributed by atoms with E-state index in [2.05, 4.69) is 40.0 Å². The molecular weight excluding hydrogens is 320 g/mol. The van der Waals surface area contributed by atoms with Crippen LogP contribution in [-0.2, 0) is 4.79 Å². The zero-order valence-corrected chi connectivity index (χ0v) is 13.9. The Labute approximate surface area is 129 Å². The number of hydrogen-bond donors (Lipinski definition) is 2. The van der Waals surface area contributed by atoms with E-state index in [-0.39, 0.29) is 18.6 Å². The summed E-state index contributed by atoms with van der Waals surface area (Å²) in [5.41, 5.74) is 1.89. The van der Waals surface area contributed by atoms with Crippen molar-refractivity contribution in [3.63, 3.8) is 0 Å². The van der Waals surface area contributed by atoms with Crippen LogP contribution in [0.1, 0.15) is 25.8 Å². The van der Waals surface area contributed by atoms with Gasteiger partial charge in [-0.05, 0) is 51.0 Å². The van der Waals surface area contributed by atoms with Crippen molar-refractivity contribution in [2.45, 2.75) is 33.2 Å². The van der Waals surface area contributed by atoms with E-state index in [4.69, 9.17) is 5.11 Å². The molecule has 1 aromatic rings. The van der Waals surface area contributed by atoms with E-state index < -0.39 is 0 Å². The molecule has 0 fully saturated rings. The smallest absolute Gasteiger partial charge is 0.238 e. The van der Waals surface area contributed by atoms with E-state index in [1.54, 1.807) is 0 Å². The molecule has 5 heteroatoms. The number of carbonyl (C=O) groups excluding carboxylic acids is 1. The van der Waals surface area contributed by atoms with Gasteiger partial charge in [0.2, 0.25) is 5.91 Å². The zero-order valence-electron chi connectivity index (χ0n) is 12.3. The summed E-state index contributed by atoms with van der Waals surface area (Å²) >= 11 is 3.44. The Morgan fingerprint density at radius 2 is 2.15 bits per heavy atom. The van der Waals surface area contributed by atoms with Crippen molar-refractivity contribution in [1.82, 2.24) is 4.90 Å². The van der Waals surface area contributed by atoms with Crippen molar-refractivity contribution in [2.24, 2.45) is 0 Å². The molecule has 112 valence electrons. The lowest BCUT2D eigenvalue weighted by Crippen LogP contribution is -2.39. The van der Waals surface area contributed by atoms with Gasteiger partial charge in [-0.3, -0.25) is 9.69 Å². The standard InChI is InChI=1S/C15H23BrN2O2/c1-11(2)18(7-4-8-19)10-15(20)17-13-5-6-14(16)12(3)9-13/h5-6,9,11,19H,4,7-8,10H2,1-3H3,(H,17,20). The van der Waals surface area contributed by atoms with E-state index in [0.717, 1.165) is 22.3 Å². The molecule has 0 atom stereocenters. The Morgan fingerprint density at radius 1 is 1.45 bits per heavy atom. The van der Waals surface area contributed by atoms with Crippen LogP contribution in [0.25, 0.3) is 0 Å². The summed E-state index contributed by atoms with van der Waals surface area (Å²) in [6.45, 7) is 7.30. The van der Waals surface area contributed by atoms with E-state index in [0.29, 0.717) is 13.0 Å². The van der Waals surface area contributed by atoms with Gasteiger partial charge in [0.1, 0.15) is 0 Å². The molecule has 1 rings (SSSR count). The number of rotatable bonds is 7. The van der Waals surface area contributed by atoms with Crippen molar-refractivity contribution >= 4 is 27.5 Å². The minimum atomic E-state index is -0.0293. The molecule has 0 aliphatic heterocycles. The summed E-state index contributed by atoms with van der Waals surface area (Å²) in [6.07, 6.45) is 0.683. The Kier molecular flexibility index (Phi) is 7.19. The fraction of sp³-hybridized carbons (Fsp3) is 0.533. The number of amides is 1. The van der Waals surface area contributed by atoms with Crippen LogP contribution in [0.4, 0.5) is 5.69 Å². The molecule has 0 saturated carbocycles. The molecule has 0 spiro atoms. The first kappa shape index (κ1) is 17.1. The number of aliphatic hydroxyl groups is 1. The lowest BCUT2D eigenvalue weighted by molar-refractivity contribution is -0.117. The molecule has 1 aromatic carbocycles. The molecule has 0 aliphatic carbocycles. The van der Waals surface area contributed by atoms with Gasteiger partial charge in [-0.25, -0.2) is 0 Å². The predicted molar refractivity (Wildman–Crippen MR) is 85.9 cm³/mol. The lowest BCUT2D eigenvalue weighted by atomic mass is 10.2. The van der Waals surface area contributed by atoms with Crippen molar-refractivity contribution in [1.29, 1.82) is 0 Å². The first-order chi connectivity index (χ1) is 9.43. The second-order valence-corrected chi connectivity index (χ2v) is 6.01. The molecule has 0 aromatic heterocycles. The maximum atomic E-state index is 12.1. The number of aryl methyl sites for hydroxylation is 1. The van der Waals surface area contributed by atoms with Gasteiger partial charge in [-0.15, -0.1) is 0 Å². The Morgan fingerprint density at radius 3 is 2.70 bits per heavy atom. The fourth-order valence-corrected chi connectivity index (χ4v) is 2.15. The third-order valence-corrected chi connectivity index (χ3v) is 4.01. The number of nitrogens with zero attached hydrogens (tertiary/aromatic N) is 1. The molecule has 0 saturated heterocycles. The summed E-state index contributed by atoms with van der Waals surface area (Å²) in [7, 11) is 0. The van der Waals surface area contributed by atoms with Crippen LogP contribution in [0, 0.1) is 6.92 Å². The van der Waals surface area contributed by atoms with E-state index in [1.807, 2.05) is 25.1 Å². The SMILES string of the molecule is Cc1cc(NC(=O)CN(CCCO)C(C)C)ccc1Br. The van der Waals surface area contributed by atoms with Gasteiger partial charge in [0.25, 0.3) is 0 Å². The molecular formula is C15H23BrN2O2. The van der Waals surface area contributed by atoms with Crippen LogP contribution in [0.3, 0.4) is 0 Å². The molecule has 0 unspecified atom stereocenters. The van der Waals surface area contributed by atoms with Crippen LogP contribution in [0.2, 0.25) is 0 Å². The van der Waals surface area contributed by atoms with E-state index in [9.17, 15) is 4.79 Å². The number of anilines is 1. The topological polar surface area (TPSA) is 52.6 Å². The number of carbonyl (C=O) groups is 1. The van der Waals surface area contributed by atoms with Gasteiger partial charge in [0.15, 0.2) is 0 Å².